The zero-order valence-electron chi connectivity index (χ0n) is 16.9. The maximum atomic E-state index is 13.5. The molecule has 31 heavy (non-hydrogen) atoms. The lowest BCUT2D eigenvalue weighted by atomic mass is 10.1. The molecule has 0 aliphatic carbocycles. The number of allylic oxidation sites excluding steroid dienone is 3. The van der Waals surface area contributed by atoms with Crippen LogP contribution in [0.2, 0.25) is 0 Å². The zero-order chi connectivity index (χ0) is 22.5. The molecule has 0 aromatic heterocycles. The van der Waals surface area contributed by atoms with Crippen LogP contribution in [0, 0.1) is 10.2 Å². The largest absolute Gasteiger partial charge is 0.361 e. The van der Waals surface area contributed by atoms with E-state index in [1.54, 1.807) is 74.5 Å². The Hall–Kier alpha value is -1.58. The van der Waals surface area contributed by atoms with Crippen LogP contribution in [-0.2, 0) is 17.3 Å². The molecule has 10 heteroatoms. The van der Waals surface area contributed by atoms with Gasteiger partial charge in [0, 0.05) is 0 Å². The highest BCUT2D eigenvalue weighted by Gasteiger charge is 2.37. The smallest absolute Gasteiger partial charge is 0.305 e. The molecule has 3 rings (SSSR count). The van der Waals surface area contributed by atoms with Gasteiger partial charge in [0.05, 0.1) is 38.5 Å². The summed E-state index contributed by atoms with van der Waals surface area (Å²) in [5, 5.41) is 0.251. The first-order valence-electron chi connectivity index (χ1n) is 9.43. The van der Waals surface area contributed by atoms with Gasteiger partial charge < -0.3 is 9.05 Å². The van der Waals surface area contributed by atoms with Gasteiger partial charge in [-0.15, -0.1) is 0 Å². The second kappa shape index (κ2) is 10.4. The molecule has 0 bridgehead atoms. The van der Waals surface area contributed by atoms with E-state index >= 15 is 0 Å². The molecule has 0 N–H and O–H groups in total. The fourth-order valence-electron chi connectivity index (χ4n) is 2.95. The molecule has 2 aromatic rings. The van der Waals surface area contributed by atoms with Crippen molar-refractivity contribution in [3.63, 3.8) is 0 Å². The number of hydrogen-bond acceptors (Lipinski definition) is 7. The topological polar surface area (TPSA) is 114 Å². The predicted octanol–water partition coefficient (Wildman–Crippen LogP) is 2.51. The third-order valence-corrected chi connectivity index (χ3v) is 8.84. The molecule has 0 amide bonds. The van der Waals surface area contributed by atoms with Crippen molar-refractivity contribution in [2.24, 2.45) is 0 Å². The van der Waals surface area contributed by atoms with Crippen molar-refractivity contribution in [3.8, 4) is 0 Å². The molecule has 0 fully saturated rings. The lowest BCUT2D eigenvalue weighted by molar-refractivity contribution is -1.91. The van der Waals surface area contributed by atoms with Gasteiger partial charge in [0.2, 0.25) is 0 Å². The van der Waals surface area contributed by atoms with Crippen molar-refractivity contribution in [1.29, 1.82) is 0 Å². The summed E-state index contributed by atoms with van der Waals surface area (Å²) in [4.78, 5) is 0.756. The molecule has 0 spiro atoms. The summed E-state index contributed by atoms with van der Waals surface area (Å²) in [5.41, 5.74) is 1.23. The van der Waals surface area contributed by atoms with Crippen molar-refractivity contribution in [2.45, 2.75) is 13.8 Å². The van der Waals surface area contributed by atoms with E-state index in [0.717, 1.165) is 0 Å². The molecule has 0 saturated carbocycles. The van der Waals surface area contributed by atoms with E-state index in [1.165, 1.54) is 12.2 Å². The van der Waals surface area contributed by atoms with Gasteiger partial charge in [-0.25, -0.2) is 0 Å². The molecule has 1 unspecified atom stereocenters. The monoisotopic (exact) mass is 484 g/mol. The quantitative estimate of drug-likeness (QED) is 0.397. The van der Waals surface area contributed by atoms with Crippen LogP contribution in [0.1, 0.15) is 25.0 Å². The number of halogens is 1. The zero-order valence-corrected chi connectivity index (χ0v) is 19.4. The van der Waals surface area contributed by atoms with E-state index in [2.05, 4.69) is 0 Å². The van der Waals surface area contributed by atoms with Gasteiger partial charge in [0.1, 0.15) is 14.5 Å². The summed E-state index contributed by atoms with van der Waals surface area (Å²) in [6, 6.07) is 17.7. The third-order valence-electron chi connectivity index (χ3n) is 4.13. The van der Waals surface area contributed by atoms with Gasteiger partial charge >= 0.3 is 7.60 Å². The summed E-state index contributed by atoms with van der Waals surface area (Å²) in [7, 11) is -10.0. The van der Waals surface area contributed by atoms with Crippen molar-refractivity contribution < 1.29 is 41.6 Å². The van der Waals surface area contributed by atoms with Crippen molar-refractivity contribution in [2.75, 3.05) is 13.2 Å². The minimum absolute atomic E-state index is 0.152. The van der Waals surface area contributed by atoms with Gasteiger partial charge in [-0.3, -0.25) is 4.57 Å². The van der Waals surface area contributed by atoms with Crippen LogP contribution in [0.3, 0.4) is 0 Å². The van der Waals surface area contributed by atoms with Crippen LogP contribution in [0.15, 0.2) is 78.1 Å². The van der Waals surface area contributed by atoms with E-state index in [4.69, 9.17) is 12.8 Å². The molecule has 7 nitrogen and oxygen atoms in total. The number of hydrogen-bond donors (Lipinski definition) is 0. The van der Waals surface area contributed by atoms with Crippen LogP contribution in [0.4, 0.5) is 0 Å². The Bertz CT molecular complexity index is 1040. The van der Waals surface area contributed by atoms with Crippen molar-refractivity contribution in [3.05, 3.63) is 89.3 Å². The molecule has 0 radical (unpaired) electrons. The van der Waals surface area contributed by atoms with Crippen LogP contribution in [0.5, 0.6) is 0 Å². The Balaban J connectivity index is 2.31. The SMILES string of the molecule is CCOP(=O)(OCC)C1=CC(c2ccccc2)=S(O[Cl+3]([O-])([O-])[O-])C(c2ccccc2)=C1. The molecular weight excluding hydrogens is 463 g/mol. The Labute approximate surface area is 186 Å². The Morgan fingerprint density at radius 3 is 1.84 bits per heavy atom. The van der Waals surface area contributed by atoms with E-state index < -0.39 is 28.6 Å². The van der Waals surface area contributed by atoms with Crippen LogP contribution in [-0.4, -0.2) is 18.1 Å². The minimum Gasteiger partial charge on any atom is -0.305 e. The normalized spacial score (nSPS) is 17.3. The standard InChI is InChI=1S/C21H22ClO7PS/c1-3-27-30(26,28-4-2)19-15-20(17-11-7-5-8-12-17)31(29-22(23,24)25)21(16-19)18-13-9-6-10-14-18/h5-16H,3-4H2,1-2H3. The molecule has 1 aliphatic rings. The highest BCUT2D eigenvalue weighted by atomic mass is 35.7. The first kappa shape index (κ1) is 24.1. The minimum atomic E-state index is -4.73. The first-order valence-corrected chi connectivity index (χ1v) is 13.4. The molecule has 2 aromatic carbocycles. The third kappa shape index (κ3) is 6.02. The lowest BCUT2D eigenvalue weighted by Crippen LogP contribution is -2.60. The van der Waals surface area contributed by atoms with Crippen molar-refractivity contribution >= 4 is 28.1 Å². The first-order chi connectivity index (χ1) is 14.8. The lowest BCUT2D eigenvalue weighted by Gasteiger charge is -2.24. The molecule has 1 atom stereocenters. The maximum Gasteiger partial charge on any atom is 0.361 e. The van der Waals surface area contributed by atoms with E-state index in [1.807, 2.05) is 0 Å². The van der Waals surface area contributed by atoms with E-state index in [9.17, 15) is 18.5 Å². The molecule has 0 saturated heterocycles. The van der Waals surface area contributed by atoms with Gasteiger partial charge in [-0.1, -0.05) is 60.7 Å². The van der Waals surface area contributed by atoms with Crippen LogP contribution in [0.25, 0.3) is 4.91 Å². The maximum absolute atomic E-state index is 13.5. The molecule has 1 aliphatic heterocycles. The van der Waals surface area contributed by atoms with Gasteiger partial charge in [-0.05, 0) is 37.1 Å². The second-order valence-corrected chi connectivity index (χ2v) is 10.9. The van der Waals surface area contributed by atoms with Crippen LogP contribution >= 0.6 is 18.4 Å². The highest BCUT2D eigenvalue weighted by Crippen LogP contribution is 2.60. The van der Waals surface area contributed by atoms with Crippen LogP contribution < -0.4 is 14.0 Å². The molecule has 1 heterocycles. The summed E-state index contributed by atoms with van der Waals surface area (Å²) >= 11 is 0. The van der Waals surface area contributed by atoms with E-state index in [0.29, 0.717) is 20.9 Å². The average Bonchev–Trinajstić information content (AvgIpc) is 2.74. The van der Waals surface area contributed by atoms with Gasteiger partial charge in [0.15, 0.2) is 0 Å². The number of rotatable bonds is 9. The Kier molecular flexibility index (Phi) is 8.04. The fraction of sp³-hybridized carbons (Fsp3) is 0.190. The number of benzene rings is 2. The van der Waals surface area contributed by atoms with E-state index in [-0.39, 0.29) is 18.5 Å². The predicted molar refractivity (Wildman–Crippen MR) is 113 cm³/mol. The highest BCUT2D eigenvalue weighted by molar-refractivity contribution is 8.20. The fourth-order valence-corrected chi connectivity index (χ4v) is 7.32. The Morgan fingerprint density at radius 2 is 1.35 bits per heavy atom. The second-order valence-electron chi connectivity index (χ2n) is 6.22. The molecule has 166 valence electrons. The Morgan fingerprint density at radius 1 is 0.839 bits per heavy atom. The van der Waals surface area contributed by atoms with Gasteiger partial charge in [0.25, 0.3) is 0 Å². The molecular formula is C21H22ClO7PS. The summed E-state index contributed by atoms with van der Waals surface area (Å²) in [6.45, 7) is 3.71. The summed E-state index contributed by atoms with van der Waals surface area (Å²) in [6.07, 6.45) is 3.05. The van der Waals surface area contributed by atoms with Crippen molar-refractivity contribution in [1.82, 2.24) is 0 Å². The summed E-state index contributed by atoms with van der Waals surface area (Å²) < 4.78 is 64.2. The van der Waals surface area contributed by atoms with Gasteiger partial charge in [-0.2, -0.15) is 14.0 Å². The summed E-state index contributed by atoms with van der Waals surface area (Å²) in [5.74, 6) is 0. The average molecular weight is 485 g/mol.